The summed E-state index contributed by atoms with van der Waals surface area (Å²) < 4.78 is 16.9. The van der Waals surface area contributed by atoms with Crippen LogP contribution in [-0.4, -0.2) is 37.2 Å². The summed E-state index contributed by atoms with van der Waals surface area (Å²) in [6, 6.07) is 0. The Morgan fingerprint density at radius 1 is 0.284 bits per heavy atom. The Morgan fingerprint density at radius 2 is 0.527 bits per heavy atom. The predicted molar refractivity (Wildman–Crippen MR) is 320 cm³/mol. The normalized spacial score (nSPS) is 13.0. The van der Waals surface area contributed by atoms with Crippen molar-refractivity contribution < 1.29 is 28.6 Å². The maximum absolute atomic E-state index is 12.9. The molecule has 1 atom stereocenters. The summed E-state index contributed by atoms with van der Waals surface area (Å²) in [5.74, 6) is -0.936. The summed E-state index contributed by atoms with van der Waals surface area (Å²) in [5.41, 5.74) is 0. The molecule has 0 N–H and O–H groups in total. The van der Waals surface area contributed by atoms with Crippen molar-refractivity contribution in [2.24, 2.45) is 0 Å². The molecule has 6 heteroatoms. The number of carbonyl (C=O) groups is 3. The third-order valence-corrected chi connectivity index (χ3v) is 12.7. The largest absolute Gasteiger partial charge is 0.462 e. The number of carbonyl (C=O) groups excluding carboxylic acids is 3. The quantitative estimate of drug-likeness (QED) is 0.0261. The lowest BCUT2D eigenvalue weighted by Gasteiger charge is -2.18. The third-order valence-electron chi connectivity index (χ3n) is 12.7. The fourth-order valence-electron chi connectivity index (χ4n) is 8.16. The predicted octanol–water partition coefficient (Wildman–Crippen LogP) is 20.8. The van der Waals surface area contributed by atoms with Gasteiger partial charge >= 0.3 is 17.9 Å². The van der Waals surface area contributed by atoms with E-state index in [0.29, 0.717) is 19.3 Å². The van der Waals surface area contributed by atoms with Gasteiger partial charge in [0.1, 0.15) is 13.2 Å². The zero-order chi connectivity index (χ0) is 53.6. The van der Waals surface area contributed by atoms with Crippen molar-refractivity contribution in [3.05, 3.63) is 122 Å². The number of ether oxygens (including phenoxy) is 3. The van der Waals surface area contributed by atoms with E-state index in [-0.39, 0.29) is 31.1 Å². The van der Waals surface area contributed by atoms with E-state index in [9.17, 15) is 14.4 Å². The zero-order valence-electron chi connectivity index (χ0n) is 48.1. The summed E-state index contributed by atoms with van der Waals surface area (Å²) in [6.45, 7) is 6.38. The minimum atomic E-state index is -0.802. The standard InChI is InChI=1S/C68H112O6/c1-4-7-10-13-16-19-22-25-28-31-33-34-36-37-40-43-46-49-52-55-58-61-67(70)73-64-65(63-72-66(69)60-57-54-51-48-45-42-39-30-27-24-21-18-15-12-9-6-3)74-68(71)62-59-56-53-50-47-44-41-38-35-32-29-26-23-20-17-14-11-8-5-2/h7-8,10-11,16-17,19-20,25-26,28-30,33-35,37-40,65H,4-6,9,12-15,18,21-24,27,31-32,36,41-64H2,1-3H3/b10-7-,11-8-,19-16-,20-17-,28-25-,29-26-,34-33-,38-35-,39-30-,40-37-. The molecule has 0 spiro atoms. The number of rotatable bonds is 54. The van der Waals surface area contributed by atoms with Crippen LogP contribution in [0.5, 0.6) is 0 Å². The van der Waals surface area contributed by atoms with Gasteiger partial charge in [0, 0.05) is 19.3 Å². The number of esters is 3. The molecule has 0 aliphatic carbocycles. The second-order valence-corrected chi connectivity index (χ2v) is 19.8. The molecular weight excluding hydrogens is 913 g/mol. The molecule has 0 aromatic carbocycles. The van der Waals surface area contributed by atoms with Gasteiger partial charge in [-0.05, 0) is 128 Å². The summed E-state index contributed by atoms with van der Waals surface area (Å²) in [6.07, 6.45) is 84.7. The van der Waals surface area contributed by atoms with E-state index in [0.717, 1.165) is 154 Å². The van der Waals surface area contributed by atoms with Crippen LogP contribution in [-0.2, 0) is 28.6 Å². The van der Waals surface area contributed by atoms with Gasteiger partial charge in [0.15, 0.2) is 6.10 Å². The van der Waals surface area contributed by atoms with E-state index in [1.807, 2.05) is 0 Å². The number of hydrogen-bond acceptors (Lipinski definition) is 6. The Balaban J connectivity index is 4.48. The molecule has 0 bridgehead atoms. The van der Waals surface area contributed by atoms with Crippen molar-refractivity contribution in [2.75, 3.05) is 13.2 Å². The Morgan fingerprint density at radius 3 is 0.838 bits per heavy atom. The second-order valence-electron chi connectivity index (χ2n) is 19.8. The van der Waals surface area contributed by atoms with Crippen molar-refractivity contribution in [1.82, 2.24) is 0 Å². The molecule has 0 amide bonds. The first-order chi connectivity index (χ1) is 36.5. The van der Waals surface area contributed by atoms with Gasteiger partial charge in [-0.3, -0.25) is 14.4 Å². The first kappa shape index (κ1) is 69.8. The van der Waals surface area contributed by atoms with Gasteiger partial charge in [0.2, 0.25) is 0 Å². The zero-order valence-corrected chi connectivity index (χ0v) is 48.1. The minimum Gasteiger partial charge on any atom is -0.462 e. The second kappa shape index (κ2) is 61.4. The number of hydrogen-bond donors (Lipinski definition) is 0. The van der Waals surface area contributed by atoms with Gasteiger partial charge in [-0.25, -0.2) is 0 Å². The topological polar surface area (TPSA) is 78.9 Å². The molecule has 0 aromatic rings. The summed E-state index contributed by atoms with van der Waals surface area (Å²) >= 11 is 0. The molecule has 0 fully saturated rings. The average Bonchev–Trinajstić information content (AvgIpc) is 3.40. The lowest BCUT2D eigenvalue weighted by atomic mass is 10.1. The summed E-state index contributed by atoms with van der Waals surface area (Å²) in [4.78, 5) is 38.3. The maximum Gasteiger partial charge on any atom is 0.306 e. The summed E-state index contributed by atoms with van der Waals surface area (Å²) in [7, 11) is 0. The van der Waals surface area contributed by atoms with E-state index in [1.165, 1.54) is 77.0 Å². The van der Waals surface area contributed by atoms with Gasteiger partial charge in [-0.15, -0.1) is 0 Å². The van der Waals surface area contributed by atoms with Crippen molar-refractivity contribution in [2.45, 2.75) is 277 Å². The highest BCUT2D eigenvalue weighted by Crippen LogP contribution is 2.14. The monoisotopic (exact) mass is 1020 g/mol. The van der Waals surface area contributed by atoms with Crippen LogP contribution in [0.4, 0.5) is 0 Å². The van der Waals surface area contributed by atoms with Crippen LogP contribution >= 0.6 is 0 Å². The minimum absolute atomic E-state index is 0.0970. The van der Waals surface area contributed by atoms with Crippen LogP contribution in [0.3, 0.4) is 0 Å². The van der Waals surface area contributed by atoms with Gasteiger partial charge in [-0.1, -0.05) is 245 Å². The molecule has 74 heavy (non-hydrogen) atoms. The average molecular weight is 1030 g/mol. The van der Waals surface area contributed by atoms with Crippen LogP contribution in [0.25, 0.3) is 0 Å². The van der Waals surface area contributed by atoms with Gasteiger partial charge in [0.05, 0.1) is 0 Å². The SMILES string of the molecule is CC/C=C\C/C=C\C/C=C\C/C=C\C/C=C\CCCCCCCC(=O)OCC(COC(=O)CCCCCCC/C=C\CCCCCCCCC)OC(=O)CCCCCCCC/C=C\C/C=C\C/C=C\C/C=C\CC. The summed E-state index contributed by atoms with van der Waals surface area (Å²) in [5, 5.41) is 0. The first-order valence-electron chi connectivity index (χ1n) is 30.5. The van der Waals surface area contributed by atoms with E-state index in [1.54, 1.807) is 0 Å². The smallest absolute Gasteiger partial charge is 0.306 e. The maximum atomic E-state index is 12.9. The van der Waals surface area contributed by atoms with E-state index >= 15 is 0 Å². The molecule has 0 aromatic heterocycles. The Bertz CT molecular complexity index is 1550. The highest BCUT2D eigenvalue weighted by atomic mass is 16.6. The van der Waals surface area contributed by atoms with Crippen LogP contribution in [0, 0.1) is 0 Å². The van der Waals surface area contributed by atoms with Crippen LogP contribution in [0.1, 0.15) is 271 Å². The van der Waals surface area contributed by atoms with Gasteiger partial charge in [0.25, 0.3) is 0 Å². The molecule has 0 saturated carbocycles. The highest BCUT2D eigenvalue weighted by Gasteiger charge is 2.19. The lowest BCUT2D eigenvalue weighted by Crippen LogP contribution is -2.30. The van der Waals surface area contributed by atoms with Crippen molar-refractivity contribution in [3.8, 4) is 0 Å². The van der Waals surface area contributed by atoms with Crippen molar-refractivity contribution >= 4 is 17.9 Å². The lowest BCUT2D eigenvalue weighted by molar-refractivity contribution is -0.167. The van der Waals surface area contributed by atoms with Gasteiger partial charge < -0.3 is 14.2 Å². The molecule has 1 unspecified atom stereocenters. The van der Waals surface area contributed by atoms with E-state index in [2.05, 4.69) is 142 Å². The Labute approximate surface area is 456 Å². The molecule has 6 nitrogen and oxygen atoms in total. The van der Waals surface area contributed by atoms with Gasteiger partial charge in [-0.2, -0.15) is 0 Å². The molecule has 0 radical (unpaired) electrons. The third kappa shape index (κ3) is 58.7. The van der Waals surface area contributed by atoms with E-state index in [4.69, 9.17) is 14.2 Å². The fourth-order valence-corrected chi connectivity index (χ4v) is 8.16. The number of allylic oxidation sites excluding steroid dienone is 20. The van der Waals surface area contributed by atoms with Crippen molar-refractivity contribution in [1.29, 1.82) is 0 Å². The van der Waals surface area contributed by atoms with E-state index < -0.39 is 6.10 Å². The molecular formula is C68H112O6. The van der Waals surface area contributed by atoms with Crippen LogP contribution in [0.15, 0.2) is 122 Å². The molecule has 0 aliphatic rings. The van der Waals surface area contributed by atoms with Crippen molar-refractivity contribution in [3.63, 3.8) is 0 Å². The first-order valence-corrected chi connectivity index (χ1v) is 30.5. The highest BCUT2D eigenvalue weighted by molar-refractivity contribution is 5.71. The molecule has 0 saturated heterocycles. The molecule has 0 aliphatic heterocycles. The molecule has 0 heterocycles. The van der Waals surface area contributed by atoms with Crippen LogP contribution < -0.4 is 0 Å². The number of unbranched alkanes of at least 4 members (excludes halogenated alkanes) is 23. The molecule has 420 valence electrons. The van der Waals surface area contributed by atoms with Crippen LogP contribution in [0.2, 0.25) is 0 Å². The Kier molecular flexibility index (Phi) is 57.9. The molecule has 0 rings (SSSR count). The Hall–Kier alpha value is -4.19. The fraction of sp³-hybridized carbons (Fsp3) is 0.662.